The molecule has 0 saturated carbocycles. The summed E-state index contributed by atoms with van der Waals surface area (Å²) < 4.78 is 5.34. The predicted octanol–water partition coefficient (Wildman–Crippen LogP) is 2.96. The van der Waals surface area contributed by atoms with Crippen LogP contribution in [-0.4, -0.2) is 16.7 Å². The second kappa shape index (κ2) is 7.80. The van der Waals surface area contributed by atoms with Gasteiger partial charge < -0.3 is 9.84 Å². The molecular weight excluding hydrogens is 331 g/mol. The zero-order valence-electron chi connectivity index (χ0n) is 9.60. The van der Waals surface area contributed by atoms with Gasteiger partial charge in [-0.2, -0.15) is 0 Å². The van der Waals surface area contributed by atoms with Gasteiger partial charge in [-0.25, -0.2) is 0 Å². The Bertz CT molecular complexity index is 384. The number of aliphatic hydroxyl groups excluding tert-OH is 1. The fourth-order valence-electron chi connectivity index (χ4n) is 1.25. The van der Waals surface area contributed by atoms with Crippen molar-refractivity contribution in [3.8, 4) is 5.75 Å². The minimum atomic E-state index is 0. The van der Waals surface area contributed by atoms with Gasteiger partial charge in [0.1, 0.15) is 5.75 Å². The Morgan fingerprint density at radius 2 is 2.31 bits per heavy atom. The van der Waals surface area contributed by atoms with Crippen LogP contribution in [0.2, 0.25) is 0 Å². The molecular formula is C12H15NO2Pr. The summed E-state index contributed by atoms with van der Waals surface area (Å²) in [5.41, 5.74) is 1.28. The minimum Gasteiger partial charge on any atom is -0.512 e. The second-order valence-corrected chi connectivity index (χ2v) is 3.01. The molecule has 4 heteroatoms. The van der Waals surface area contributed by atoms with Crippen LogP contribution in [0.5, 0.6) is 5.75 Å². The van der Waals surface area contributed by atoms with Gasteiger partial charge in [-0.15, -0.1) is 0 Å². The molecule has 16 heavy (non-hydrogen) atoms. The van der Waals surface area contributed by atoms with E-state index in [4.69, 9.17) is 4.74 Å². The molecule has 1 rings (SSSR count). The molecule has 0 bridgehead atoms. The Morgan fingerprint density at radius 1 is 1.62 bits per heavy atom. The van der Waals surface area contributed by atoms with Crippen LogP contribution in [0.25, 0.3) is 5.57 Å². The smallest absolute Gasteiger partial charge is 0.122 e. The molecule has 3 nitrogen and oxygen atoms in total. The van der Waals surface area contributed by atoms with E-state index in [2.05, 4.69) is 11.6 Å². The summed E-state index contributed by atoms with van der Waals surface area (Å²) >= 11 is 0. The molecule has 0 fully saturated rings. The molecule has 1 radical (unpaired) electrons. The predicted molar refractivity (Wildman–Crippen MR) is 60.8 cm³/mol. The van der Waals surface area contributed by atoms with Crippen LogP contribution >= 0.6 is 0 Å². The van der Waals surface area contributed by atoms with Crippen LogP contribution < -0.4 is 4.74 Å². The van der Waals surface area contributed by atoms with Gasteiger partial charge in [-0.1, -0.05) is 12.7 Å². The fourth-order valence-corrected chi connectivity index (χ4v) is 1.25. The summed E-state index contributed by atoms with van der Waals surface area (Å²) in [6, 6.07) is 3.56. The van der Waals surface area contributed by atoms with E-state index >= 15 is 0 Å². The number of hydrogen-bond acceptors (Lipinski definition) is 3. The molecule has 0 amide bonds. The largest absolute Gasteiger partial charge is 0.512 e. The average molecular weight is 346 g/mol. The monoisotopic (exact) mass is 346 g/mol. The first-order valence-corrected chi connectivity index (χ1v) is 4.80. The van der Waals surface area contributed by atoms with Crippen LogP contribution in [0.15, 0.2) is 36.7 Å². The molecule has 0 aliphatic rings. The van der Waals surface area contributed by atoms with E-state index in [1.807, 2.05) is 6.92 Å². The number of allylic oxidation sites excluding steroid dienone is 3. The first-order chi connectivity index (χ1) is 7.19. The van der Waals surface area contributed by atoms with Crippen molar-refractivity contribution in [3.63, 3.8) is 0 Å². The third-order valence-corrected chi connectivity index (χ3v) is 1.91. The molecule has 1 N–H and O–H groups in total. The maximum absolute atomic E-state index is 9.41. The van der Waals surface area contributed by atoms with Gasteiger partial charge in [-0.05, 0) is 19.9 Å². The summed E-state index contributed by atoms with van der Waals surface area (Å²) in [4.78, 5) is 4.14. The minimum absolute atomic E-state index is 0. The first-order valence-electron chi connectivity index (χ1n) is 4.80. The van der Waals surface area contributed by atoms with Crippen molar-refractivity contribution < 1.29 is 51.1 Å². The van der Waals surface area contributed by atoms with Gasteiger partial charge >= 0.3 is 0 Å². The quantitative estimate of drug-likeness (QED) is 0.673. The molecule has 0 spiro atoms. The number of pyridine rings is 1. The first kappa shape index (κ1) is 15.6. The van der Waals surface area contributed by atoms with E-state index in [9.17, 15) is 5.11 Å². The van der Waals surface area contributed by atoms with Crippen LogP contribution in [0.3, 0.4) is 0 Å². The maximum atomic E-state index is 9.41. The van der Waals surface area contributed by atoms with Crippen molar-refractivity contribution in [1.29, 1.82) is 0 Å². The molecule has 0 saturated heterocycles. The van der Waals surface area contributed by atoms with E-state index < -0.39 is 0 Å². The summed E-state index contributed by atoms with van der Waals surface area (Å²) in [7, 11) is 0. The maximum Gasteiger partial charge on any atom is 0.122 e. The summed E-state index contributed by atoms with van der Waals surface area (Å²) in [5, 5.41) is 9.41. The number of aliphatic hydroxyl groups is 1. The van der Waals surface area contributed by atoms with Crippen LogP contribution in [0.1, 0.15) is 19.5 Å². The van der Waals surface area contributed by atoms with Crippen LogP contribution in [0, 0.1) is 41.3 Å². The Morgan fingerprint density at radius 3 is 2.81 bits per heavy atom. The average Bonchev–Trinajstić information content (AvgIpc) is 2.19. The van der Waals surface area contributed by atoms with Crippen LogP contribution in [0.4, 0.5) is 0 Å². The SMILES string of the molecule is C=C/C(=C(\C)O)c1cc(OCC)ccn1.[Pr]. The van der Waals surface area contributed by atoms with Gasteiger partial charge in [0, 0.05) is 59.1 Å². The number of nitrogens with zero attached hydrogens (tertiary/aromatic N) is 1. The zero-order chi connectivity index (χ0) is 11.3. The normalized spacial score (nSPS) is 11.1. The summed E-state index contributed by atoms with van der Waals surface area (Å²) in [6.45, 7) is 7.76. The van der Waals surface area contributed by atoms with Crippen molar-refractivity contribution in [1.82, 2.24) is 4.98 Å². The van der Waals surface area contributed by atoms with Crippen molar-refractivity contribution in [2.45, 2.75) is 13.8 Å². The molecule has 1 aromatic rings. The van der Waals surface area contributed by atoms with E-state index in [0.717, 1.165) is 5.75 Å². The van der Waals surface area contributed by atoms with Gasteiger partial charge in [0.05, 0.1) is 18.1 Å². The Hall–Kier alpha value is -0.406. The Balaban J connectivity index is 0.00000225. The second-order valence-electron chi connectivity index (χ2n) is 3.01. The van der Waals surface area contributed by atoms with E-state index in [1.165, 1.54) is 0 Å². The molecule has 0 atom stereocenters. The van der Waals surface area contributed by atoms with Gasteiger partial charge in [0.25, 0.3) is 0 Å². The van der Waals surface area contributed by atoms with E-state index in [0.29, 0.717) is 17.9 Å². The third-order valence-electron chi connectivity index (χ3n) is 1.91. The molecule has 83 valence electrons. The number of aromatic nitrogens is 1. The third kappa shape index (κ3) is 4.22. The molecule has 0 aliphatic heterocycles. The Labute approximate surface area is 129 Å². The molecule has 0 aromatic carbocycles. The molecule has 1 aromatic heterocycles. The van der Waals surface area contributed by atoms with Crippen molar-refractivity contribution in [2.24, 2.45) is 0 Å². The standard InChI is InChI=1S/C12H15NO2.Pr/c1-4-11(9(3)14)12-8-10(15-5-2)6-7-13-12;/h4,6-8,14H,1,5H2,2-3H3;/b11-9-;. The number of rotatable bonds is 4. The summed E-state index contributed by atoms with van der Waals surface area (Å²) in [6.07, 6.45) is 3.22. The Kier molecular flexibility index (Phi) is 7.60. The van der Waals surface area contributed by atoms with Crippen LogP contribution in [-0.2, 0) is 0 Å². The topological polar surface area (TPSA) is 42.4 Å². The molecule has 0 aliphatic carbocycles. The van der Waals surface area contributed by atoms with Gasteiger partial charge in [0.2, 0.25) is 0 Å². The van der Waals surface area contributed by atoms with Gasteiger partial charge in [0.15, 0.2) is 0 Å². The van der Waals surface area contributed by atoms with Gasteiger partial charge in [-0.3, -0.25) is 4.98 Å². The van der Waals surface area contributed by atoms with Crippen molar-refractivity contribution in [2.75, 3.05) is 6.61 Å². The van der Waals surface area contributed by atoms with Crippen molar-refractivity contribution in [3.05, 3.63) is 42.4 Å². The zero-order valence-corrected chi connectivity index (χ0v) is 13.3. The fraction of sp³-hybridized carbons (Fsp3) is 0.250. The molecule has 1 heterocycles. The van der Waals surface area contributed by atoms with E-state index in [1.54, 1.807) is 31.3 Å². The van der Waals surface area contributed by atoms with Crippen molar-refractivity contribution >= 4 is 5.57 Å². The number of hydrogen-bond donors (Lipinski definition) is 1. The number of ether oxygens (including phenoxy) is 1. The summed E-state index contributed by atoms with van der Waals surface area (Å²) in [5.74, 6) is 0.939. The van der Waals surface area contributed by atoms with E-state index in [-0.39, 0.29) is 47.1 Å². The molecule has 0 unspecified atom stereocenters.